The second-order valence-corrected chi connectivity index (χ2v) is 21.2. The third kappa shape index (κ3) is 5.51. The zero-order chi connectivity index (χ0) is 39.6. The van der Waals surface area contributed by atoms with E-state index in [0.29, 0.717) is 37.8 Å². The molecule has 0 aromatic carbocycles. The standard InChI is InChI=1S/C46H69NO7/c1-25(2)37-32(48)22-46(35(49)24-47-23-28-20-26(3)53-27(28)4)19-18-44(10)29(38(37)46)12-13-34-43(9)16-15-36(42(7,8)33(43)14-17-45(34,44)11)54-40(52)31-21-30(39(50)51)41(31,5)6/h20,25,29-31,33-36,47,49H,12-19,21-24H2,1-11H3,(H,50,51)/t29-,30+,31-,33+,34-,35+,36+,43+,44-,45-,46+/m1/s1. The zero-order valence-corrected chi connectivity index (χ0v) is 35.1. The van der Waals surface area contributed by atoms with E-state index in [4.69, 9.17) is 9.15 Å². The number of rotatable bonds is 9. The lowest BCUT2D eigenvalue weighted by atomic mass is 9.33. The molecule has 1 heterocycles. The minimum Gasteiger partial charge on any atom is -0.481 e. The molecule has 0 radical (unpaired) electrons. The maximum absolute atomic E-state index is 14.1. The van der Waals surface area contributed by atoms with Crippen LogP contribution in [-0.4, -0.2) is 46.7 Å². The molecule has 0 saturated heterocycles. The molecule has 7 rings (SSSR count). The van der Waals surface area contributed by atoms with Gasteiger partial charge >= 0.3 is 11.9 Å². The highest BCUT2D eigenvalue weighted by Gasteiger charge is 2.71. The van der Waals surface area contributed by atoms with Crippen molar-refractivity contribution in [2.45, 2.75) is 159 Å². The molecule has 1 aromatic rings. The lowest BCUT2D eigenvalue weighted by Crippen LogP contribution is -2.66. The summed E-state index contributed by atoms with van der Waals surface area (Å²) in [6.45, 7) is 25.4. The Morgan fingerprint density at radius 2 is 1.61 bits per heavy atom. The topological polar surface area (TPSA) is 126 Å². The summed E-state index contributed by atoms with van der Waals surface area (Å²) < 4.78 is 12.2. The second-order valence-electron chi connectivity index (χ2n) is 21.2. The van der Waals surface area contributed by atoms with Crippen molar-refractivity contribution in [3.63, 3.8) is 0 Å². The highest BCUT2D eigenvalue weighted by molar-refractivity contribution is 6.00. The van der Waals surface area contributed by atoms with Crippen molar-refractivity contribution in [3.8, 4) is 0 Å². The molecule has 3 N–H and O–H groups in total. The van der Waals surface area contributed by atoms with Crippen molar-refractivity contribution in [2.24, 2.45) is 68.0 Å². The minimum absolute atomic E-state index is 0.00395. The van der Waals surface area contributed by atoms with Gasteiger partial charge in [-0.25, -0.2) is 0 Å². The molecule has 0 spiro atoms. The van der Waals surface area contributed by atoms with Gasteiger partial charge in [0.2, 0.25) is 0 Å². The molecule has 0 aliphatic heterocycles. The molecule has 6 aliphatic carbocycles. The Balaban J connectivity index is 1.13. The highest BCUT2D eigenvalue weighted by Crippen LogP contribution is 2.77. The molecule has 0 bridgehead atoms. The van der Waals surface area contributed by atoms with Crippen LogP contribution in [0.3, 0.4) is 0 Å². The van der Waals surface area contributed by atoms with E-state index in [1.165, 1.54) is 5.57 Å². The predicted octanol–water partition coefficient (Wildman–Crippen LogP) is 8.99. The van der Waals surface area contributed by atoms with Crippen molar-refractivity contribution in [2.75, 3.05) is 6.54 Å². The van der Waals surface area contributed by atoms with E-state index in [-0.39, 0.29) is 57.3 Å². The average molecular weight is 748 g/mol. The summed E-state index contributed by atoms with van der Waals surface area (Å²) in [5.41, 5.74) is 2.22. The van der Waals surface area contributed by atoms with E-state index >= 15 is 0 Å². The first-order valence-electron chi connectivity index (χ1n) is 21.2. The Bertz CT molecular complexity index is 1730. The van der Waals surface area contributed by atoms with Gasteiger partial charge in [0, 0.05) is 35.9 Å². The van der Waals surface area contributed by atoms with Gasteiger partial charge < -0.3 is 24.7 Å². The Kier molecular flexibility index (Phi) is 9.61. The smallest absolute Gasteiger partial charge is 0.309 e. The Hall–Kier alpha value is -2.45. The maximum atomic E-state index is 14.1. The number of nitrogens with one attached hydrogen (secondary N) is 1. The molecule has 0 unspecified atom stereocenters. The van der Waals surface area contributed by atoms with Crippen LogP contribution in [-0.2, 0) is 25.7 Å². The van der Waals surface area contributed by atoms with Crippen molar-refractivity contribution >= 4 is 17.7 Å². The fourth-order valence-corrected chi connectivity index (χ4v) is 14.6. The first-order chi connectivity index (χ1) is 25.1. The number of aliphatic hydroxyl groups is 1. The van der Waals surface area contributed by atoms with E-state index in [9.17, 15) is 24.6 Å². The molecule has 0 amide bonds. The van der Waals surface area contributed by atoms with Crippen LogP contribution in [0.4, 0.5) is 0 Å². The summed E-state index contributed by atoms with van der Waals surface area (Å²) in [5.74, 6) is 1.38. The lowest BCUT2D eigenvalue weighted by molar-refractivity contribution is -0.238. The van der Waals surface area contributed by atoms with Crippen LogP contribution in [0.2, 0.25) is 0 Å². The Morgan fingerprint density at radius 1 is 0.907 bits per heavy atom. The van der Waals surface area contributed by atoms with Gasteiger partial charge in [-0.2, -0.15) is 0 Å². The number of allylic oxidation sites excluding steroid dienone is 1. The van der Waals surface area contributed by atoms with Crippen LogP contribution < -0.4 is 5.32 Å². The Labute approximate surface area is 324 Å². The Morgan fingerprint density at radius 3 is 2.22 bits per heavy atom. The molecule has 300 valence electrons. The first-order valence-corrected chi connectivity index (χ1v) is 21.2. The van der Waals surface area contributed by atoms with E-state index in [1.807, 2.05) is 27.7 Å². The van der Waals surface area contributed by atoms with Crippen molar-refractivity contribution in [1.29, 1.82) is 0 Å². The molecule has 11 atom stereocenters. The number of furan rings is 1. The fourth-order valence-electron chi connectivity index (χ4n) is 14.6. The third-order valence-electron chi connectivity index (χ3n) is 18.0. The van der Waals surface area contributed by atoms with Gasteiger partial charge in [-0.3, -0.25) is 14.4 Å². The number of fused-ring (bicyclic) bond motifs is 7. The summed E-state index contributed by atoms with van der Waals surface area (Å²) >= 11 is 0. The number of aryl methyl sites for hydroxylation is 2. The molecule has 8 heteroatoms. The molecular formula is C46H69NO7. The molecule has 1 aromatic heterocycles. The molecule has 6 aliphatic rings. The van der Waals surface area contributed by atoms with Gasteiger partial charge in [-0.15, -0.1) is 0 Å². The van der Waals surface area contributed by atoms with E-state index < -0.39 is 28.8 Å². The number of carbonyl (C=O) groups excluding carboxylic acids is 2. The number of aliphatic hydroxyl groups excluding tert-OH is 1. The molecule has 54 heavy (non-hydrogen) atoms. The number of Topliss-reactive ketones (excluding diaryl/α,β-unsaturated/α-hetero) is 1. The number of carboxylic acid groups (broad SMARTS) is 1. The summed E-state index contributed by atoms with van der Waals surface area (Å²) in [4.78, 5) is 39.5. The van der Waals surface area contributed by atoms with E-state index in [1.54, 1.807) is 0 Å². The van der Waals surface area contributed by atoms with Crippen LogP contribution in [0.5, 0.6) is 0 Å². The van der Waals surface area contributed by atoms with Crippen LogP contribution in [0, 0.1) is 81.8 Å². The summed E-state index contributed by atoms with van der Waals surface area (Å²) in [7, 11) is 0. The van der Waals surface area contributed by atoms with E-state index in [2.05, 4.69) is 59.8 Å². The van der Waals surface area contributed by atoms with Gasteiger partial charge in [0.25, 0.3) is 0 Å². The molecule has 8 nitrogen and oxygen atoms in total. The average Bonchev–Trinajstić information content (AvgIpc) is 3.56. The van der Waals surface area contributed by atoms with Crippen LogP contribution in [0.15, 0.2) is 21.6 Å². The van der Waals surface area contributed by atoms with Crippen molar-refractivity contribution in [3.05, 3.63) is 34.3 Å². The number of hydrogen-bond donors (Lipinski definition) is 3. The largest absolute Gasteiger partial charge is 0.481 e. The maximum Gasteiger partial charge on any atom is 0.309 e. The van der Waals surface area contributed by atoms with Crippen LogP contribution >= 0.6 is 0 Å². The second kappa shape index (κ2) is 13.0. The summed E-state index contributed by atoms with van der Waals surface area (Å²) in [6, 6.07) is 2.06. The molecular weight excluding hydrogens is 679 g/mol. The van der Waals surface area contributed by atoms with Gasteiger partial charge in [-0.05, 0) is 129 Å². The van der Waals surface area contributed by atoms with Crippen LogP contribution in [0.25, 0.3) is 0 Å². The minimum atomic E-state index is -0.828. The number of aliphatic carboxylic acids is 1. The molecule has 5 fully saturated rings. The quantitative estimate of drug-likeness (QED) is 0.214. The highest BCUT2D eigenvalue weighted by atomic mass is 16.5. The van der Waals surface area contributed by atoms with Crippen molar-refractivity contribution < 1.29 is 33.8 Å². The molecule has 5 saturated carbocycles. The number of hydrogen-bond acceptors (Lipinski definition) is 7. The first kappa shape index (κ1) is 39.8. The summed E-state index contributed by atoms with van der Waals surface area (Å²) in [5, 5.41) is 25.4. The van der Waals surface area contributed by atoms with Gasteiger partial charge in [0.15, 0.2) is 5.78 Å². The number of carbonyl (C=O) groups is 3. The number of esters is 1. The predicted molar refractivity (Wildman–Crippen MR) is 208 cm³/mol. The number of carboxylic acids is 1. The van der Waals surface area contributed by atoms with Gasteiger partial charge in [-0.1, -0.05) is 67.9 Å². The number of ketones is 1. The normalized spacial score (nSPS) is 41.3. The summed E-state index contributed by atoms with van der Waals surface area (Å²) in [6.07, 6.45) is 7.91. The fraction of sp³-hybridized carbons (Fsp3) is 0.804. The van der Waals surface area contributed by atoms with Gasteiger partial charge in [0.05, 0.1) is 17.9 Å². The lowest BCUT2D eigenvalue weighted by Gasteiger charge is -2.72. The number of ether oxygens (including phenoxy) is 1. The van der Waals surface area contributed by atoms with Gasteiger partial charge in [0.1, 0.15) is 17.6 Å². The van der Waals surface area contributed by atoms with Crippen molar-refractivity contribution in [1.82, 2.24) is 5.32 Å². The third-order valence-corrected chi connectivity index (χ3v) is 18.0. The van der Waals surface area contributed by atoms with Crippen LogP contribution in [0.1, 0.15) is 144 Å². The zero-order valence-electron chi connectivity index (χ0n) is 35.1. The monoisotopic (exact) mass is 748 g/mol. The van der Waals surface area contributed by atoms with E-state index in [0.717, 1.165) is 74.0 Å². The SMILES string of the molecule is Cc1cc(CNC[C@H](O)[C@@]23CC[C@]4(C)[C@H](CC[C@@H]5[C@@]6(C)CC[C@H](OC(=O)[C@H]7C[C@@H](C(=O)O)C7(C)C)C(C)(C)[C@@H]6CC[C@]54C)C2=C(C(C)C)C(=O)C3)c(C)o1.